The first-order valence-corrected chi connectivity index (χ1v) is 13.8. The fourth-order valence-electron chi connectivity index (χ4n) is 4.45. The molecule has 1 saturated carbocycles. The number of rotatable bonds is 19. The van der Waals surface area contributed by atoms with Crippen LogP contribution in [0.3, 0.4) is 0 Å². The Labute approximate surface area is 223 Å². The summed E-state index contributed by atoms with van der Waals surface area (Å²) in [5.41, 5.74) is -0.556. The predicted octanol–water partition coefficient (Wildman–Crippen LogP) is 2.53. The zero-order valence-corrected chi connectivity index (χ0v) is 24.1. The smallest absolute Gasteiger partial charge is 0.246 e. The molecular weight excluding hydrogens is 476 g/mol. The van der Waals surface area contributed by atoms with E-state index in [9.17, 15) is 19.5 Å². The number of aliphatic hydroxyl groups excluding tert-OH is 1. The van der Waals surface area contributed by atoms with Crippen LogP contribution in [0.25, 0.3) is 0 Å². The van der Waals surface area contributed by atoms with Crippen LogP contribution < -0.4 is 10.6 Å². The molecule has 37 heavy (non-hydrogen) atoms. The summed E-state index contributed by atoms with van der Waals surface area (Å²) in [5, 5.41) is 16.3. The van der Waals surface area contributed by atoms with Gasteiger partial charge in [-0.2, -0.15) is 0 Å². The average Bonchev–Trinajstić information content (AvgIpc) is 3.19. The second-order valence-corrected chi connectivity index (χ2v) is 11.9. The third-order valence-corrected chi connectivity index (χ3v) is 6.52. The second-order valence-electron chi connectivity index (χ2n) is 11.9. The van der Waals surface area contributed by atoms with E-state index in [1.165, 1.54) is 0 Å². The molecule has 0 heterocycles. The van der Waals surface area contributed by atoms with Gasteiger partial charge in [-0.05, 0) is 30.6 Å². The molecule has 1 aliphatic rings. The molecule has 0 aromatic rings. The summed E-state index contributed by atoms with van der Waals surface area (Å²) in [6.07, 6.45) is 1.05. The van der Waals surface area contributed by atoms with E-state index >= 15 is 0 Å². The van der Waals surface area contributed by atoms with Crippen molar-refractivity contribution in [2.45, 2.75) is 92.3 Å². The van der Waals surface area contributed by atoms with E-state index in [-0.39, 0.29) is 31.2 Å². The van der Waals surface area contributed by atoms with E-state index in [0.717, 1.165) is 13.0 Å². The predicted molar refractivity (Wildman–Crippen MR) is 143 cm³/mol. The van der Waals surface area contributed by atoms with Crippen LogP contribution >= 0.6 is 0 Å². The molecular formula is C28H52N2O7. The number of Topliss-reactive ketones (excluding diaryl/α,β-unsaturated/α-hetero) is 2. The molecule has 9 heteroatoms. The van der Waals surface area contributed by atoms with Gasteiger partial charge in [0.05, 0.1) is 45.2 Å². The van der Waals surface area contributed by atoms with Crippen LogP contribution in [0.2, 0.25) is 0 Å². The lowest BCUT2D eigenvalue weighted by molar-refractivity contribution is -0.137. The molecule has 0 bridgehead atoms. The van der Waals surface area contributed by atoms with E-state index in [1.54, 1.807) is 0 Å². The van der Waals surface area contributed by atoms with Crippen LogP contribution in [0.5, 0.6) is 0 Å². The van der Waals surface area contributed by atoms with Gasteiger partial charge in [-0.15, -0.1) is 0 Å². The van der Waals surface area contributed by atoms with Gasteiger partial charge in [-0.25, -0.2) is 0 Å². The van der Waals surface area contributed by atoms with Crippen molar-refractivity contribution in [1.82, 2.24) is 10.6 Å². The number of carbonyl (C=O) groups excluding carboxylic acids is 3. The summed E-state index contributed by atoms with van der Waals surface area (Å²) in [4.78, 5) is 39.0. The van der Waals surface area contributed by atoms with Crippen LogP contribution in [-0.4, -0.2) is 87.0 Å². The Hall–Kier alpha value is -1.39. The molecule has 0 aromatic carbocycles. The second kappa shape index (κ2) is 17.2. The number of ketones is 2. The van der Waals surface area contributed by atoms with Gasteiger partial charge in [-0.3, -0.25) is 14.4 Å². The molecule has 4 atom stereocenters. The minimum Gasteiger partial charge on any atom is -0.393 e. The standard InChI is InChI=1S/C28H52N2O7/c1-19(2)8-9-24(32)22-16-21(31)17-23(22)26(34)27(28(5,6)7)30-25(33)18-37-15-14-36-13-12-35-11-10-29-20(3)4/h19-23,27,29,31H,8-18H2,1-7H3,(H,30,33). The number of carbonyl (C=O) groups is 3. The molecule has 1 fully saturated rings. The number of hydrogen-bond donors (Lipinski definition) is 3. The highest BCUT2D eigenvalue weighted by Gasteiger charge is 2.46. The van der Waals surface area contributed by atoms with Gasteiger partial charge in [-0.1, -0.05) is 48.5 Å². The summed E-state index contributed by atoms with van der Waals surface area (Å²) in [5.74, 6) is -1.24. The van der Waals surface area contributed by atoms with E-state index < -0.39 is 35.3 Å². The Bertz CT molecular complexity index is 691. The third-order valence-electron chi connectivity index (χ3n) is 6.52. The Morgan fingerprint density at radius 1 is 0.892 bits per heavy atom. The first kappa shape index (κ1) is 33.6. The highest BCUT2D eigenvalue weighted by Crippen LogP contribution is 2.37. The van der Waals surface area contributed by atoms with Gasteiger partial charge in [0, 0.05) is 30.8 Å². The highest BCUT2D eigenvalue weighted by molar-refractivity contribution is 5.95. The number of nitrogens with one attached hydrogen (secondary N) is 2. The Kier molecular flexibility index (Phi) is 15.7. The van der Waals surface area contributed by atoms with Crippen molar-refractivity contribution >= 4 is 17.5 Å². The van der Waals surface area contributed by atoms with Crippen molar-refractivity contribution < 1.29 is 33.7 Å². The molecule has 216 valence electrons. The lowest BCUT2D eigenvalue weighted by atomic mass is 9.76. The van der Waals surface area contributed by atoms with Crippen LogP contribution in [0.4, 0.5) is 0 Å². The lowest BCUT2D eigenvalue weighted by Gasteiger charge is -2.33. The molecule has 1 aliphatic carbocycles. The van der Waals surface area contributed by atoms with Gasteiger partial charge in [0.2, 0.25) is 5.91 Å². The van der Waals surface area contributed by atoms with Crippen molar-refractivity contribution in [3.05, 3.63) is 0 Å². The lowest BCUT2D eigenvalue weighted by Crippen LogP contribution is -2.53. The summed E-state index contributed by atoms with van der Waals surface area (Å²) < 4.78 is 16.3. The topological polar surface area (TPSA) is 123 Å². The van der Waals surface area contributed by atoms with Crippen molar-refractivity contribution in [3.8, 4) is 0 Å². The van der Waals surface area contributed by atoms with E-state index in [2.05, 4.69) is 38.3 Å². The Morgan fingerprint density at radius 3 is 2.03 bits per heavy atom. The molecule has 0 aliphatic heterocycles. The zero-order chi connectivity index (χ0) is 28.0. The zero-order valence-electron chi connectivity index (χ0n) is 24.1. The van der Waals surface area contributed by atoms with E-state index in [1.807, 2.05) is 20.8 Å². The molecule has 0 spiro atoms. The summed E-state index contributed by atoms with van der Waals surface area (Å²) in [7, 11) is 0. The Balaban J connectivity index is 2.46. The average molecular weight is 529 g/mol. The number of aliphatic hydroxyl groups is 1. The van der Waals surface area contributed by atoms with Crippen molar-refractivity contribution in [1.29, 1.82) is 0 Å². The normalized spacial score (nSPS) is 21.0. The number of hydrogen-bond acceptors (Lipinski definition) is 8. The van der Waals surface area contributed by atoms with E-state index in [0.29, 0.717) is 51.2 Å². The van der Waals surface area contributed by atoms with Crippen LogP contribution in [-0.2, 0) is 28.6 Å². The third kappa shape index (κ3) is 13.8. The Morgan fingerprint density at radius 2 is 1.46 bits per heavy atom. The first-order valence-electron chi connectivity index (χ1n) is 13.8. The fraction of sp³-hybridized carbons (Fsp3) is 0.893. The number of ether oxygens (including phenoxy) is 3. The SMILES string of the molecule is CC(C)CCC(=O)C1CC(O)CC1C(=O)C(NC(=O)COCCOCCOCCNC(C)C)C(C)(C)C. The molecule has 1 amide bonds. The molecule has 4 unspecified atom stereocenters. The summed E-state index contributed by atoms with van der Waals surface area (Å²) >= 11 is 0. The molecule has 3 N–H and O–H groups in total. The summed E-state index contributed by atoms with van der Waals surface area (Å²) in [6, 6.07) is -0.347. The van der Waals surface area contributed by atoms with Gasteiger partial charge in [0.1, 0.15) is 12.4 Å². The monoisotopic (exact) mass is 528 g/mol. The van der Waals surface area contributed by atoms with Gasteiger partial charge >= 0.3 is 0 Å². The van der Waals surface area contributed by atoms with Gasteiger partial charge < -0.3 is 30.0 Å². The van der Waals surface area contributed by atoms with Crippen molar-refractivity contribution in [3.63, 3.8) is 0 Å². The quantitative estimate of drug-likeness (QED) is 0.219. The van der Waals surface area contributed by atoms with Gasteiger partial charge in [0.25, 0.3) is 0 Å². The van der Waals surface area contributed by atoms with Crippen molar-refractivity contribution in [2.75, 3.05) is 46.2 Å². The van der Waals surface area contributed by atoms with Crippen molar-refractivity contribution in [2.24, 2.45) is 23.2 Å². The van der Waals surface area contributed by atoms with Gasteiger partial charge in [0.15, 0.2) is 5.78 Å². The first-order chi connectivity index (χ1) is 17.3. The molecule has 0 aromatic heterocycles. The minimum atomic E-state index is -0.780. The largest absolute Gasteiger partial charge is 0.393 e. The van der Waals surface area contributed by atoms with Crippen LogP contribution in [0.1, 0.15) is 74.1 Å². The number of amides is 1. The maximum absolute atomic E-state index is 13.5. The van der Waals surface area contributed by atoms with E-state index in [4.69, 9.17) is 14.2 Å². The molecule has 0 saturated heterocycles. The minimum absolute atomic E-state index is 0.0311. The molecule has 9 nitrogen and oxygen atoms in total. The maximum atomic E-state index is 13.5. The van der Waals surface area contributed by atoms with Crippen LogP contribution in [0.15, 0.2) is 0 Å². The fourth-order valence-corrected chi connectivity index (χ4v) is 4.45. The molecule has 0 radical (unpaired) electrons. The molecule has 1 rings (SSSR count). The van der Waals surface area contributed by atoms with Crippen LogP contribution in [0, 0.1) is 23.2 Å². The maximum Gasteiger partial charge on any atom is 0.246 e. The highest BCUT2D eigenvalue weighted by atomic mass is 16.5. The summed E-state index contributed by atoms with van der Waals surface area (Å²) in [6.45, 7) is 16.7.